The van der Waals surface area contributed by atoms with Crippen LogP contribution in [0.4, 0.5) is 10.1 Å². The minimum atomic E-state index is -1.96. The van der Waals surface area contributed by atoms with Gasteiger partial charge in [0.15, 0.2) is 11.6 Å². The first-order chi connectivity index (χ1) is 6.29. The minimum Gasteiger partial charge on any atom is -0.511 e. The first-order valence-corrected chi connectivity index (χ1v) is 4.39. The molecular formula is C7H4B3BrFNO. The molecule has 0 heterocycles. The van der Waals surface area contributed by atoms with Gasteiger partial charge in [-0.25, -0.2) is 4.39 Å². The van der Waals surface area contributed by atoms with Gasteiger partial charge in [0.25, 0.3) is 0 Å². The Kier molecular flexibility index (Phi) is 3.19. The number of anilines is 1. The number of hydrogen-bond acceptors (Lipinski definition) is 2. The van der Waals surface area contributed by atoms with E-state index in [1.807, 2.05) is 0 Å². The van der Waals surface area contributed by atoms with Crippen LogP contribution in [-0.2, 0) is 0 Å². The van der Waals surface area contributed by atoms with Gasteiger partial charge in [0.05, 0.1) is 5.69 Å². The second-order valence-electron chi connectivity index (χ2n) is 2.76. The van der Waals surface area contributed by atoms with Gasteiger partial charge >= 0.3 is 0 Å². The van der Waals surface area contributed by atoms with E-state index in [4.69, 9.17) is 34.0 Å². The van der Waals surface area contributed by atoms with Gasteiger partial charge in [0.1, 0.15) is 23.5 Å². The van der Waals surface area contributed by atoms with Gasteiger partial charge in [-0.05, 0) is 17.4 Å². The maximum atomic E-state index is 13.2. The third-order valence-electron chi connectivity index (χ3n) is 1.32. The number of ether oxygens (including phenoxy) is 1. The number of halogens is 2. The van der Waals surface area contributed by atoms with Crippen LogP contribution in [0, 0.1) is 5.82 Å². The van der Waals surface area contributed by atoms with Crippen LogP contribution >= 0.6 is 15.9 Å². The van der Waals surface area contributed by atoms with E-state index in [2.05, 4.69) is 15.9 Å². The molecule has 1 aromatic rings. The van der Waals surface area contributed by atoms with E-state index in [9.17, 15) is 4.39 Å². The van der Waals surface area contributed by atoms with Crippen LogP contribution in [0.25, 0.3) is 0 Å². The van der Waals surface area contributed by atoms with Crippen molar-refractivity contribution in [1.29, 1.82) is 0 Å². The second kappa shape index (κ2) is 3.89. The predicted molar refractivity (Wildman–Crippen MR) is 59.1 cm³/mol. The van der Waals surface area contributed by atoms with Crippen LogP contribution in [-0.4, -0.2) is 28.8 Å². The Labute approximate surface area is 93.7 Å². The SMILES string of the molecule is [B]C([B])([B])Oc1c(N)cc(Br)cc1F. The normalized spacial score (nSPS) is 11.3. The molecule has 0 bridgehead atoms. The van der Waals surface area contributed by atoms with Crippen molar-refractivity contribution in [2.75, 3.05) is 5.73 Å². The monoisotopic (exact) mass is 249 g/mol. The van der Waals surface area contributed by atoms with Crippen LogP contribution in [0.1, 0.15) is 0 Å². The van der Waals surface area contributed by atoms with Crippen LogP contribution in [0.5, 0.6) is 5.75 Å². The highest BCUT2D eigenvalue weighted by molar-refractivity contribution is 9.10. The van der Waals surface area contributed by atoms with Crippen LogP contribution in [0.15, 0.2) is 16.6 Å². The molecule has 2 nitrogen and oxygen atoms in total. The van der Waals surface area contributed by atoms with Crippen molar-refractivity contribution in [3.63, 3.8) is 0 Å². The average Bonchev–Trinajstić information content (AvgIpc) is 1.95. The highest BCUT2D eigenvalue weighted by atomic mass is 79.9. The third-order valence-corrected chi connectivity index (χ3v) is 1.77. The van der Waals surface area contributed by atoms with Gasteiger partial charge < -0.3 is 10.5 Å². The van der Waals surface area contributed by atoms with Gasteiger partial charge in [0.2, 0.25) is 0 Å². The second-order valence-corrected chi connectivity index (χ2v) is 3.68. The highest BCUT2D eigenvalue weighted by Crippen LogP contribution is 2.30. The van der Waals surface area contributed by atoms with Crippen LogP contribution in [0.2, 0.25) is 0 Å². The van der Waals surface area contributed by atoms with Crippen molar-refractivity contribution in [3.8, 4) is 5.75 Å². The van der Waals surface area contributed by atoms with Gasteiger partial charge in [-0.15, -0.1) is 0 Å². The number of benzene rings is 1. The van der Waals surface area contributed by atoms with Crippen molar-refractivity contribution < 1.29 is 9.13 Å². The smallest absolute Gasteiger partial charge is 0.175 e. The maximum Gasteiger partial charge on any atom is 0.175 e. The van der Waals surface area contributed by atoms with Crippen molar-refractivity contribution in [2.45, 2.75) is 5.30 Å². The Hall–Kier alpha value is -0.575. The fourth-order valence-electron chi connectivity index (χ4n) is 0.865. The van der Waals surface area contributed by atoms with E-state index in [0.29, 0.717) is 4.47 Å². The summed E-state index contributed by atoms with van der Waals surface area (Å²) >= 11 is 3.06. The van der Waals surface area contributed by atoms with E-state index in [-0.39, 0.29) is 11.4 Å². The quantitative estimate of drug-likeness (QED) is 0.617. The van der Waals surface area contributed by atoms with E-state index in [0.717, 1.165) is 6.07 Å². The molecule has 0 spiro atoms. The zero-order chi connectivity index (χ0) is 10.9. The molecule has 0 aliphatic heterocycles. The number of nitrogens with two attached hydrogens (primary N) is 1. The Morgan fingerprint density at radius 1 is 1.36 bits per heavy atom. The molecular weight excluding hydrogens is 245 g/mol. The lowest BCUT2D eigenvalue weighted by atomic mass is 9.52. The van der Waals surface area contributed by atoms with E-state index in [1.165, 1.54) is 6.07 Å². The van der Waals surface area contributed by atoms with E-state index in [1.54, 1.807) is 0 Å². The molecule has 0 amide bonds. The summed E-state index contributed by atoms with van der Waals surface area (Å²) in [7, 11) is 15.4. The summed E-state index contributed by atoms with van der Waals surface area (Å²) in [6.45, 7) is 0. The standard InChI is InChI=1S/C7H4B3BrFNO/c8-7(9,10)14-6-4(12)1-3(11)2-5(6)13/h1-2H,13H2. The molecule has 0 aliphatic carbocycles. The molecule has 0 saturated heterocycles. The molecule has 2 N–H and O–H groups in total. The zero-order valence-corrected chi connectivity index (χ0v) is 8.71. The predicted octanol–water partition coefficient (Wildman–Crippen LogP) is 0.666. The minimum absolute atomic E-state index is 0.0580. The zero-order valence-electron chi connectivity index (χ0n) is 7.13. The summed E-state index contributed by atoms with van der Waals surface area (Å²) in [6, 6.07) is 2.61. The van der Waals surface area contributed by atoms with Crippen molar-refractivity contribution in [1.82, 2.24) is 0 Å². The maximum absolute atomic E-state index is 13.2. The molecule has 14 heavy (non-hydrogen) atoms. The Morgan fingerprint density at radius 2 is 1.93 bits per heavy atom. The van der Waals surface area contributed by atoms with Crippen LogP contribution < -0.4 is 10.5 Å². The summed E-state index contributed by atoms with van der Waals surface area (Å²) in [4.78, 5) is 0. The lowest BCUT2D eigenvalue weighted by Crippen LogP contribution is -2.38. The lowest BCUT2D eigenvalue weighted by molar-refractivity contribution is 0.303. The van der Waals surface area contributed by atoms with E-state index >= 15 is 0 Å². The Bertz CT molecular complexity index is 332. The number of hydrogen-bond donors (Lipinski definition) is 1. The molecule has 7 heteroatoms. The topological polar surface area (TPSA) is 35.2 Å². The molecule has 0 aliphatic rings. The first kappa shape index (κ1) is 11.5. The van der Waals surface area contributed by atoms with Crippen molar-refractivity contribution in [3.05, 3.63) is 22.4 Å². The molecule has 6 radical (unpaired) electrons. The Morgan fingerprint density at radius 3 is 2.36 bits per heavy atom. The molecule has 0 atom stereocenters. The van der Waals surface area contributed by atoms with Crippen LogP contribution in [0.3, 0.4) is 0 Å². The average molecular weight is 249 g/mol. The van der Waals surface area contributed by atoms with Crippen molar-refractivity contribution in [2.24, 2.45) is 0 Å². The summed E-state index contributed by atoms with van der Waals surface area (Å²) in [5.74, 6) is -0.955. The third kappa shape index (κ3) is 2.98. The van der Waals surface area contributed by atoms with Gasteiger partial charge in [-0.1, -0.05) is 15.9 Å². The fraction of sp³-hybridized carbons (Fsp3) is 0.143. The first-order valence-electron chi connectivity index (χ1n) is 3.60. The van der Waals surface area contributed by atoms with Gasteiger partial charge in [-0.3, -0.25) is 0 Å². The molecule has 0 fully saturated rings. The fourth-order valence-corrected chi connectivity index (χ4v) is 1.31. The molecule has 66 valence electrons. The van der Waals surface area contributed by atoms with Crippen molar-refractivity contribution >= 4 is 45.2 Å². The molecule has 0 unspecified atom stereocenters. The number of rotatable bonds is 2. The summed E-state index contributed by atoms with van der Waals surface area (Å²) in [5.41, 5.74) is 5.53. The van der Waals surface area contributed by atoms with Gasteiger partial charge in [-0.2, -0.15) is 0 Å². The molecule has 1 rings (SSSR count). The summed E-state index contributed by atoms with van der Waals surface area (Å²) in [6.07, 6.45) is 0. The number of nitrogen functional groups attached to an aromatic ring is 1. The Balaban J connectivity index is 3.09. The molecule has 0 saturated carbocycles. The molecule has 1 aromatic carbocycles. The van der Waals surface area contributed by atoms with Gasteiger partial charge in [0, 0.05) is 4.47 Å². The van der Waals surface area contributed by atoms with E-state index < -0.39 is 11.1 Å². The largest absolute Gasteiger partial charge is 0.511 e. The lowest BCUT2D eigenvalue weighted by Gasteiger charge is -2.24. The summed E-state index contributed by atoms with van der Waals surface area (Å²) < 4.78 is 18.5. The summed E-state index contributed by atoms with van der Waals surface area (Å²) in [5, 5.41) is -1.96. The highest BCUT2D eigenvalue weighted by Gasteiger charge is 2.16. The molecule has 0 aromatic heterocycles.